The largest absolute Gasteiger partial charge is 0.389 e. The van der Waals surface area contributed by atoms with Gasteiger partial charge in [0.15, 0.2) is 0 Å². The van der Waals surface area contributed by atoms with Gasteiger partial charge in [0.1, 0.15) is 4.99 Å². The molecule has 6 heteroatoms. The Hall–Kier alpha value is -1.27. The number of hydrogen-bond donors (Lipinski definition) is 2. The molecule has 4 nitrogen and oxygen atoms in total. The van der Waals surface area contributed by atoms with Crippen LogP contribution in [-0.2, 0) is 4.79 Å². The number of nitrogens with zero attached hydrogens (tertiary/aromatic N) is 1. The van der Waals surface area contributed by atoms with Crippen LogP contribution in [0.25, 0.3) is 0 Å². The maximum Gasteiger partial charge on any atom is 0.239 e. The lowest BCUT2D eigenvalue weighted by Crippen LogP contribution is -2.48. The Bertz CT molecular complexity index is 490. The molecule has 96 valence electrons. The fraction of sp³-hybridized carbons (Fsp3) is 0.333. The number of nitrogens with one attached hydrogen (secondary N) is 1. The molecule has 1 aromatic carbocycles. The molecule has 1 aliphatic rings. The summed E-state index contributed by atoms with van der Waals surface area (Å²) in [6.07, 6.45) is 1.99. The van der Waals surface area contributed by atoms with Gasteiger partial charge >= 0.3 is 0 Å². The molecule has 1 heterocycles. The van der Waals surface area contributed by atoms with Gasteiger partial charge in [0.2, 0.25) is 5.91 Å². The smallest absolute Gasteiger partial charge is 0.239 e. The van der Waals surface area contributed by atoms with E-state index in [9.17, 15) is 4.79 Å². The molecule has 1 aromatic rings. The lowest BCUT2D eigenvalue weighted by atomic mass is 10.1. The summed E-state index contributed by atoms with van der Waals surface area (Å²) in [4.78, 5) is 14.9. The predicted octanol–water partition coefficient (Wildman–Crippen LogP) is 0.979. The van der Waals surface area contributed by atoms with Crippen molar-refractivity contribution in [1.29, 1.82) is 0 Å². The van der Waals surface area contributed by atoms with Gasteiger partial charge < -0.3 is 16.0 Å². The molecule has 3 N–H and O–H groups in total. The summed E-state index contributed by atoms with van der Waals surface area (Å²) in [7, 11) is 0. The van der Waals surface area contributed by atoms with Gasteiger partial charge in [-0.2, -0.15) is 0 Å². The fourth-order valence-electron chi connectivity index (χ4n) is 2.05. The Morgan fingerprint density at radius 3 is 2.94 bits per heavy atom. The average Bonchev–Trinajstić information content (AvgIpc) is 2.37. The number of hydrogen-bond acceptors (Lipinski definition) is 4. The zero-order chi connectivity index (χ0) is 13.1. The molecule has 0 aromatic heterocycles. The lowest BCUT2D eigenvalue weighted by molar-refractivity contribution is -0.120. The van der Waals surface area contributed by atoms with Crippen molar-refractivity contribution in [3.63, 3.8) is 0 Å². The highest BCUT2D eigenvalue weighted by Gasteiger charge is 2.21. The van der Waals surface area contributed by atoms with E-state index in [-0.39, 0.29) is 5.91 Å². The molecular formula is C12H15N3OS2. The summed E-state index contributed by atoms with van der Waals surface area (Å²) in [5, 5.41) is 2.81. The molecule has 1 fully saturated rings. The number of amides is 1. The number of piperazine rings is 1. The van der Waals surface area contributed by atoms with Crippen molar-refractivity contribution in [2.75, 3.05) is 30.8 Å². The van der Waals surface area contributed by atoms with Gasteiger partial charge in [-0.05, 0) is 18.4 Å². The Morgan fingerprint density at radius 2 is 2.33 bits per heavy atom. The molecule has 0 bridgehead atoms. The summed E-state index contributed by atoms with van der Waals surface area (Å²) in [6, 6.07) is 5.93. The maximum absolute atomic E-state index is 11.5. The second-order valence-corrected chi connectivity index (χ2v) is 5.28. The van der Waals surface area contributed by atoms with E-state index in [2.05, 4.69) is 5.32 Å². The van der Waals surface area contributed by atoms with Crippen LogP contribution >= 0.6 is 24.0 Å². The standard InChI is InChI=1S/C12H15N3OS2/c1-18-9-4-2-3-8(11(9)12(13)17)15-6-5-14-10(16)7-15/h2-4H,5-7H2,1H3,(H2,13,17)(H,14,16). The molecular weight excluding hydrogens is 266 g/mol. The summed E-state index contributed by atoms with van der Waals surface area (Å²) in [5.74, 6) is 0.0321. The summed E-state index contributed by atoms with van der Waals surface area (Å²) < 4.78 is 0. The van der Waals surface area contributed by atoms with E-state index in [0.29, 0.717) is 18.1 Å². The number of rotatable bonds is 3. The van der Waals surface area contributed by atoms with Gasteiger partial charge in [-0.1, -0.05) is 18.3 Å². The minimum atomic E-state index is 0.0321. The van der Waals surface area contributed by atoms with E-state index in [4.69, 9.17) is 18.0 Å². The first-order valence-corrected chi connectivity index (χ1v) is 7.25. The molecule has 1 amide bonds. The number of carbonyl (C=O) groups excluding carboxylic acids is 1. The number of thiocarbonyl (C=S) groups is 1. The summed E-state index contributed by atoms with van der Waals surface area (Å²) in [5.41, 5.74) is 7.64. The first-order valence-electron chi connectivity index (χ1n) is 5.62. The van der Waals surface area contributed by atoms with Crippen LogP contribution in [0.1, 0.15) is 5.56 Å². The molecule has 0 saturated carbocycles. The van der Waals surface area contributed by atoms with E-state index in [1.807, 2.05) is 29.4 Å². The number of thioether (sulfide) groups is 1. The van der Waals surface area contributed by atoms with E-state index >= 15 is 0 Å². The first kappa shape index (κ1) is 13.2. The maximum atomic E-state index is 11.5. The molecule has 0 unspecified atom stereocenters. The summed E-state index contributed by atoms with van der Waals surface area (Å²) in [6.45, 7) is 1.78. The second kappa shape index (κ2) is 5.58. The molecule has 0 radical (unpaired) electrons. The van der Waals surface area contributed by atoms with Crippen molar-refractivity contribution < 1.29 is 4.79 Å². The molecule has 2 rings (SSSR count). The molecule has 1 saturated heterocycles. The van der Waals surface area contributed by atoms with E-state index in [1.165, 1.54) is 0 Å². The van der Waals surface area contributed by atoms with Gasteiger partial charge in [-0.15, -0.1) is 11.8 Å². The van der Waals surface area contributed by atoms with Gasteiger partial charge in [0.25, 0.3) is 0 Å². The van der Waals surface area contributed by atoms with Gasteiger partial charge in [-0.25, -0.2) is 0 Å². The van der Waals surface area contributed by atoms with Crippen LogP contribution in [0.4, 0.5) is 5.69 Å². The Kier molecular flexibility index (Phi) is 4.08. The number of nitrogens with two attached hydrogens (primary N) is 1. The molecule has 0 atom stereocenters. The van der Waals surface area contributed by atoms with Crippen LogP contribution in [0, 0.1) is 0 Å². The van der Waals surface area contributed by atoms with E-state index in [0.717, 1.165) is 22.7 Å². The third-order valence-electron chi connectivity index (χ3n) is 2.85. The third-order valence-corrected chi connectivity index (χ3v) is 3.83. The number of carbonyl (C=O) groups is 1. The van der Waals surface area contributed by atoms with Crippen molar-refractivity contribution in [2.24, 2.45) is 5.73 Å². The van der Waals surface area contributed by atoms with Gasteiger partial charge in [0, 0.05) is 29.2 Å². The van der Waals surface area contributed by atoms with Crippen molar-refractivity contribution in [3.8, 4) is 0 Å². The zero-order valence-electron chi connectivity index (χ0n) is 10.1. The second-order valence-electron chi connectivity index (χ2n) is 3.99. The minimum Gasteiger partial charge on any atom is -0.389 e. The molecule has 0 spiro atoms. The Labute approximate surface area is 116 Å². The SMILES string of the molecule is CSc1cccc(N2CCNC(=O)C2)c1C(N)=S. The van der Waals surface area contributed by atoms with Crippen LogP contribution in [0.2, 0.25) is 0 Å². The zero-order valence-corrected chi connectivity index (χ0v) is 11.7. The van der Waals surface area contributed by atoms with Crippen LogP contribution in [0.5, 0.6) is 0 Å². The highest BCUT2D eigenvalue weighted by molar-refractivity contribution is 7.98. The van der Waals surface area contributed by atoms with E-state index in [1.54, 1.807) is 11.8 Å². The Balaban J connectivity index is 2.43. The lowest BCUT2D eigenvalue weighted by Gasteiger charge is -2.30. The number of benzene rings is 1. The van der Waals surface area contributed by atoms with Crippen LogP contribution in [0.3, 0.4) is 0 Å². The molecule has 1 aliphatic heterocycles. The van der Waals surface area contributed by atoms with Crippen LogP contribution in [0.15, 0.2) is 23.1 Å². The molecule has 18 heavy (non-hydrogen) atoms. The average molecular weight is 281 g/mol. The van der Waals surface area contributed by atoms with E-state index < -0.39 is 0 Å². The fourth-order valence-corrected chi connectivity index (χ4v) is 2.96. The first-order chi connectivity index (χ1) is 8.63. The van der Waals surface area contributed by atoms with Crippen LogP contribution < -0.4 is 16.0 Å². The van der Waals surface area contributed by atoms with Gasteiger partial charge in [0.05, 0.1) is 6.54 Å². The predicted molar refractivity (Wildman–Crippen MR) is 79.3 cm³/mol. The van der Waals surface area contributed by atoms with Crippen molar-refractivity contribution in [3.05, 3.63) is 23.8 Å². The Morgan fingerprint density at radius 1 is 1.56 bits per heavy atom. The minimum absolute atomic E-state index is 0.0321. The van der Waals surface area contributed by atoms with Crippen LogP contribution in [-0.4, -0.2) is 36.8 Å². The third kappa shape index (κ3) is 2.59. The quantitative estimate of drug-likeness (QED) is 0.639. The highest BCUT2D eigenvalue weighted by atomic mass is 32.2. The topological polar surface area (TPSA) is 58.4 Å². The van der Waals surface area contributed by atoms with Gasteiger partial charge in [-0.3, -0.25) is 4.79 Å². The van der Waals surface area contributed by atoms with Crippen molar-refractivity contribution in [1.82, 2.24) is 5.32 Å². The number of anilines is 1. The highest BCUT2D eigenvalue weighted by Crippen LogP contribution is 2.29. The molecule has 0 aliphatic carbocycles. The van der Waals surface area contributed by atoms with Crippen molar-refractivity contribution >= 4 is 40.6 Å². The van der Waals surface area contributed by atoms with Crippen molar-refractivity contribution in [2.45, 2.75) is 4.90 Å². The normalized spacial score (nSPS) is 15.4. The monoisotopic (exact) mass is 281 g/mol. The summed E-state index contributed by atoms with van der Waals surface area (Å²) >= 11 is 6.75.